The van der Waals surface area contributed by atoms with Crippen molar-refractivity contribution in [1.82, 2.24) is 0 Å². The van der Waals surface area contributed by atoms with Gasteiger partial charge in [-0.25, -0.2) is 0 Å². The van der Waals surface area contributed by atoms with E-state index in [4.69, 9.17) is 0 Å². The third kappa shape index (κ3) is 2.39. The highest BCUT2D eigenvalue weighted by molar-refractivity contribution is 14.1. The van der Waals surface area contributed by atoms with Crippen molar-refractivity contribution in [1.29, 1.82) is 0 Å². The molecule has 0 amide bonds. The molecular weight excluding hydrogens is 676 g/mol. The maximum Gasteiger partial charge on any atom is 0.0410 e. The summed E-state index contributed by atoms with van der Waals surface area (Å²) in [6, 6.07) is 14.5. The van der Waals surface area contributed by atoms with Crippen LogP contribution >= 0.6 is 90.4 Å². The van der Waals surface area contributed by atoms with Gasteiger partial charge in [-0.1, -0.05) is 12.1 Å². The molecule has 3 rings (SSSR count). The van der Waals surface area contributed by atoms with Crippen LogP contribution in [0.5, 0.6) is 0 Å². The lowest BCUT2D eigenvalue weighted by molar-refractivity contribution is 1.58. The molecule has 1 radical (unpaired) electrons. The molecular formula is C14H5I4. The van der Waals surface area contributed by atoms with Gasteiger partial charge in [0.05, 0.1) is 0 Å². The lowest BCUT2D eigenvalue weighted by atomic mass is 10.0. The van der Waals surface area contributed by atoms with Crippen LogP contribution in [-0.2, 0) is 0 Å². The molecule has 0 aliphatic carbocycles. The van der Waals surface area contributed by atoms with Crippen molar-refractivity contribution in [2.45, 2.75) is 0 Å². The molecule has 0 bridgehead atoms. The third-order valence-electron chi connectivity index (χ3n) is 2.83. The molecule has 18 heavy (non-hydrogen) atoms. The Balaban J connectivity index is 2.54. The Kier molecular flexibility index (Phi) is 4.27. The first-order valence-electron chi connectivity index (χ1n) is 5.15. The second kappa shape index (κ2) is 5.47. The van der Waals surface area contributed by atoms with Crippen LogP contribution in [0.4, 0.5) is 0 Å². The number of benzene rings is 3. The van der Waals surface area contributed by atoms with Crippen molar-refractivity contribution in [3.8, 4) is 0 Å². The highest BCUT2D eigenvalue weighted by Crippen LogP contribution is 2.33. The Morgan fingerprint density at radius 3 is 2.39 bits per heavy atom. The van der Waals surface area contributed by atoms with Crippen LogP contribution in [0, 0.1) is 20.3 Å². The lowest BCUT2D eigenvalue weighted by Gasteiger charge is -2.08. The van der Waals surface area contributed by atoms with E-state index >= 15 is 0 Å². The predicted molar refractivity (Wildman–Crippen MR) is 111 cm³/mol. The molecule has 0 atom stereocenters. The highest BCUT2D eigenvalue weighted by atomic mass is 127. The highest BCUT2D eigenvalue weighted by Gasteiger charge is 2.10. The normalized spacial score (nSPS) is 11.3. The SMILES string of the molecule is Ic1[c]c2cc3cccc(I)c3cc2c(I)c1I. The number of halogens is 4. The van der Waals surface area contributed by atoms with Crippen molar-refractivity contribution in [2.24, 2.45) is 0 Å². The minimum atomic E-state index is 1.20. The minimum Gasteiger partial charge on any atom is -0.0606 e. The summed E-state index contributed by atoms with van der Waals surface area (Å²) in [5.74, 6) is 0. The molecule has 0 saturated carbocycles. The quantitative estimate of drug-likeness (QED) is 0.151. The maximum absolute atomic E-state index is 3.48. The molecule has 0 spiro atoms. The Hall–Kier alpha value is 1.10. The van der Waals surface area contributed by atoms with Crippen LogP contribution in [0.2, 0.25) is 0 Å². The van der Waals surface area contributed by atoms with Gasteiger partial charge in [-0.15, -0.1) is 0 Å². The fraction of sp³-hybridized carbons (Fsp3) is 0. The monoisotopic (exact) mass is 681 g/mol. The standard InChI is InChI=1S/C14H5I4/c15-11-3-1-2-7-4-8-5-12(16)14(18)13(17)10(8)6-9(7)11/h1-4,6H. The molecule has 0 unspecified atom stereocenters. The Morgan fingerprint density at radius 2 is 1.61 bits per heavy atom. The molecule has 0 fully saturated rings. The van der Waals surface area contributed by atoms with E-state index in [2.05, 4.69) is 127 Å². The lowest BCUT2D eigenvalue weighted by Crippen LogP contribution is -1.90. The van der Waals surface area contributed by atoms with Crippen LogP contribution in [0.3, 0.4) is 0 Å². The van der Waals surface area contributed by atoms with Gasteiger partial charge in [-0.3, -0.25) is 0 Å². The van der Waals surface area contributed by atoms with Gasteiger partial charge in [-0.05, 0) is 130 Å². The van der Waals surface area contributed by atoms with Gasteiger partial charge in [0.2, 0.25) is 0 Å². The molecule has 0 aliphatic heterocycles. The molecule has 4 heteroatoms. The van der Waals surface area contributed by atoms with E-state index in [1.165, 1.54) is 35.8 Å². The zero-order chi connectivity index (χ0) is 12.9. The van der Waals surface area contributed by atoms with Crippen LogP contribution in [-0.4, -0.2) is 0 Å². The van der Waals surface area contributed by atoms with Gasteiger partial charge in [0, 0.05) is 20.3 Å². The average molecular weight is 681 g/mol. The van der Waals surface area contributed by atoms with Crippen molar-refractivity contribution >= 4 is 112 Å². The first-order valence-corrected chi connectivity index (χ1v) is 9.47. The minimum absolute atomic E-state index is 1.20. The van der Waals surface area contributed by atoms with Gasteiger partial charge in [0.25, 0.3) is 0 Å². The first kappa shape index (κ1) is 14.1. The van der Waals surface area contributed by atoms with E-state index in [1.54, 1.807) is 0 Å². The van der Waals surface area contributed by atoms with Gasteiger partial charge in [-0.2, -0.15) is 0 Å². The van der Waals surface area contributed by atoms with Crippen LogP contribution < -0.4 is 0 Å². The smallest absolute Gasteiger partial charge is 0.0410 e. The fourth-order valence-corrected chi connectivity index (χ4v) is 4.85. The number of rotatable bonds is 0. The zero-order valence-electron chi connectivity index (χ0n) is 8.90. The molecule has 0 saturated heterocycles. The van der Waals surface area contributed by atoms with Gasteiger partial charge in [0.1, 0.15) is 0 Å². The summed E-state index contributed by atoms with van der Waals surface area (Å²) in [5.41, 5.74) is 0. The van der Waals surface area contributed by atoms with Gasteiger partial charge < -0.3 is 0 Å². The Bertz CT molecular complexity index is 778. The molecule has 89 valence electrons. The van der Waals surface area contributed by atoms with E-state index in [9.17, 15) is 0 Å². The Labute approximate surface area is 160 Å². The summed E-state index contributed by atoms with van der Waals surface area (Å²) < 4.78 is 5.13. The first-order chi connectivity index (χ1) is 8.58. The van der Waals surface area contributed by atoms with Crippen molar-refractivity contribution < 1.29 is 0 Å². The summed E-state index contributed by atoms with van der Waals surface area (Å²) in [6.45, 7) is 0. The van der Waals surface area contributed by atoms with E-state index in [-0.39, 0.29) is 0 Å². The maximum atomic E-state index is 3.48. The predicted octanol–water partition coefficient (Wildman–Crippen LogP) is 6.21. The van der Waals surface area contributed by atoms with Crippen LogP contribution in [0.1, 0.15) is 0 Å². The van der Waals surface area contributed by atoms with Crippen LogP contribution in [0.25, 0.3) is 21.5 Å². The number of fused-ring (bicyclic) bond motifs is 2. The molecule has 3 aromatic carbocycles. The Morgan fingerprint density at radius 1 is 0.833 bits per heavy atom. The molecule has 3 aromatic rings. The molecule has 0 nitrogen and oxygen atoms in total. The summed E-state index contributed by atoms with van der Waals surface area (Å²) >= 11 is 9.60. The summed E-state index contributed by atoms with van der Waals surface area (Å²) in [4.78, 5) is 0. The van der Waals surface area contributed by atoms with Gasteiger partial charge in [0.15, 0.2) is 0 Å². The molecule has 0 aliphatic rings. The largest absolute Gasteiger partial charge is 0.0606 e. The summed E-state index contributed by atoms with van der Waals surface area (Å²) in [6.07, 6.45) is 0. The van der Waals surface area contributed by atoms with E-state index in [0.717, 1.165) is 0 Å². The van der Waals surface area contributed by atoms with E-state index in [0.29, 0.717) is 0 Å². The van der Waals surface area contributed by atoms with E-state index in [1.807, 2.05) is 0 Å². The van der Waals surface area contributed by atoms with Gasteiger partial charge >= 0.3 is 0 Å². The third-order valence-corrected chi connectivity index (χ3v) is 8.84. The number of hydrogen-bond donors (Lipinski definition) is 0. The van der Waals surface area contributed by atoms with E-state index < -0.39 is 0 Å². The number of hydrogen-bond acceptors (Lipinski definition) is 0. The van der Waals surface area contributed by atoms with Crippen molar-refractivity contribution in [2.75, 3.05) is 0 Å². The second-order valence-electron chi connectivity index (χ2n) is 3.93. The summed E-state index contributed by atoms with van der Waals surface area (Å²) in [7, 11) is 0. The van der Waals surface area contributed by atoms with Crippen molar-refractivity contribution in [3.05, 3.63) is 50.7 Å². The zero-order valence-corrected chi connectivity index (χ0v) is 17.5. The molecule has 0 N–H and O–H groups in total. The topological polar surface area (TPSA) is 0 Å². The summed E-state index contributed by atoms with van der Waals surface area (Å²) in [5, 5.41) is 5.13. The average Bonchev–Trinajstić information content (AvgIpc) is 2.35. The molecule has 0 aromatic heterocycles. The van der Waals surface area contributed by atoms with Crippen molar-refractivity contribution in [3.63, 3.8) is 0 Å². The fourth-order valence-electron chi connectivity index (χ4n) is 1.96. The molecule has 0 heterocycles. The second-order valence-corrected chi connectivity index (χ2v) is 8.32. The van der Waals surface area contributed by atoms with Crippen LogP contribution in [0.15, 0.2) is 30.3 Å².